The molecule has 8 heteroatoms. The molecule has 0 atom stereocenters. The highest BCUT2D eigenvalue weighted by molar-refractivity contribution is 9.10. The molecule has 2 N–H and O–H groups in total. The molecule has 0 spiro atoms. The Labute approximate surface area is 180 Å². The molecule has 1 aliphatic rings. The third kappa shape index (κ3) is 3.83. The number of hydrogen-bond acceptors (Lipinski definition) is 3. The lowest BCUT2D eigenvalue weighted by Crippen LogP contribution is -2.31. The van der Waals surface area contributed by atoms with Gasteiger partial charge in [0.1, 0.15) is 6.07 Å². The minimum absolute atomic E-state index is 0.0572. The summed E-state index contributed by atoms with van der Waals surface area (Å²) in [4.78, 5) is 28.1. The summed E-state index contributed by atoms with van der Waals surface area (Å²) in [5.41, 5.74) is 2.52. The predicted molar refractivity (Wildman–Crippen MR) is 116 cm³/mol. The van der Waals surface area contributed by atoms with Crippen LogP contribution < -0.4 is 11.0 Å². The van der Waals surface area contributed by atoms with Gasteiger partial charge in [-0.1, -0.05) is 17.7 Å². The Hall–Kier alpha value is -2.56. The van der Waals surface area contributed by atoms with Gasteiger partial charge in [-0.25, -0.2) is 4.79 Å². The minimum Gasteiger partial charge on any atom is -0.326 e. The van der Waals surface area contributed by atoms with Gasteiger partial charge in [0, 0.05) is 22.1 Å². The number of halogens is 2. The molecule has 0 saturated heterocycles. The Morgan fingerprint density at radius 2 is 2.00 bits per heavy atom. The van der Waals surface area contributed by atoms with Crippen molar-refractivity contribution in [2.24, 2.45) is 5.92 Å². The Morgan fingerprint density at radius 1 is 1.24 bits per heavy atom. The van der Waals surface area contributed by atoms with Crippen LogP contribution in [0, 0.1) is 17.2 Å². The molecular weight excluding hydrogens is 456 g/mol. The van der Waals surface area contributed by atoms with Crippen molar-refractivity contribution < 1.29 is 4.79 Å². The maximum Gasteiger partial charge on any atom is 0.326 e. The zero-order valence-corrected chi connectivity index (χ0v) is 17.8. The number of benzene rings is 2. The molecule has 29 heavy (non-hydrogen) atoms. The zero-order valence-electron chi connectivity index (χ0n) is 15.4. The Balaban J connectivity index is 1.45. The topological polar surface area (TPSA) is 90.7 Å². The third-order valence-electron chi connectivity index (χ3n) is 5.49. The quantitative estimate of drug-likeness (QED) is 0.561. The van der Waals surface area contributed by atoms with E-state index in [9.17, 15) is 9.59 Å². The number of nitrogens with one attached hydrogen (secondary N) is 2. The standard InChI is InChI=1S/C21H18BrClN4O2/c22-16-2-1-3-18-19(16)26-21(29)27(18)15-8-5-12(6-9-15)20(28)25-14-7-4-13(11-24)17(23)10-14/h1-4,7,10,12,15H,5-6,8-9H2,(H,25,28)(H,26,29). The number of imidazole rings is 1. The molecule has 1 heterocycles. The molecule has 0 unspecified atom stereocenters. The van der Waals surface area contributed by atoms with Crippen LogP contribution in [0.3, 0.4) is 0 Å². The van der Waals surface area contributed by atoms with Crippen molar-refractivity contribution in [2.45, 2.75) is 31.7 Å². The summed E-state index contributed by atoms with van der Waals surface area (Å²) in [5.74, 6) is -0.174. The summed E-state index contributed by atoms with van der Waals surface area (Å²) in [5, 5.41) is 12.2. The minimum atomic E-state index is -0.118. The van der Waals surface area contributed by atoms with Crippen LogP contribution in [0.2, 0.25) is 5.02 Å². The summed E-state index contributed by atoms with van der Waals surface area (Å²) in [6, 6.07) is 12.7. The fraction of sp³-hybridized carbons (Fsp3) is 0.286. The van der Waals surface area contributed by atoms with Crippen molar-refractivity contribution in [1.29, 1.82) is 5.26 Å². The third-order valence-corrected chi connectivity index (χ3v) is 6.47. The fourth-order valence-corrected chi connectivity index (χ4v) is 4.68. The molecule has 0 aliphatic heterocycles. The van der Waals surface area contributed by atoms with E-state index >= 15 is 0 Å². The Bertz CT molecular complexity index is 1190. The molecule has 3 aromatic rings. The second-order valence-electron chi connectivity index (χ2n) is 7.24. The number of aromatic amines is 1. The van der Waals surface area contributed by atoms with Gasteiger partial charge in [0.2, 0.25) is 5.91 Å². The molecule has 2 aromatic carbocycles. The molecule has 6 nitrogen and oxygen atoms in total. The Kier molecular flexibility index (Phi) is 5.48. The molecule has 1 aliphatic carbocycles. The molecule has 4 rings (SSSR count). The summed E-state index contributed by atoms with van der Waals surface area (Å²) < 4.78 is 2.68. The van der Waals surface area contributed by atoms with Gasteiger partial charge in [-0.2, -0.15) is 5.26 Å². The van der Waals surface area contributed by atoms with E-state index in [1.54, 1.807) is 18.2 Å². The zero-order chi connectivity index (χ0) is 20.5. The average Bonchev–Trinajstić information content (AvgIpc) is 3.05. The normalized spacial score (nSPS) is 19.1. The van der Waals surface area contributed by atoms with Crippen LogP contribution in [0.15, 0.2) is 45.7 Å². The van der Waals surface area contributed by atoms with Crippen LogP contribution >= 0.6 is 27.5 Å². The van der Waals surface area contributed by atoms with E-state index in [0.29, 0.717) is 29.1 Å². The van der Waals surface area contributed by atoms with Crippen LogP contribution in [0.4, 0.5) is 5.69 Å². The number of rotatable bonds is 3. The summed E-state index contributed by atoms with van der Waals surface area (Å²) in [6.45, 7) is 0. The number of hydrogen-bond donors (Lipinski definition) is 2. The van der Waals surface area contributed by atoms with Crippen molar-refractivity contribution >= 4 is 50.2 Å². The number of nitrogens with zero attached hydrogens (tertiary/aromatic N) is 2. The summed E-state index contributed by atoms with van der Waals surface area (Å²) >= 11 is 9.52. The molecule has 1 fully saturated rings. The predicted octanol–water partition coefficient (Wildman–Crippen LogP) is 4.99. The largest absolute Gasteiger partial charge is 0.326 e. The van der Waals surface area contributed by atoms with Crippen molar-refractivity contribution in [3.05, 3.63) is 61.9 Å². The highest BCUT2D eigenvalue weighted by Gasteiger charge is 2.29. The average molecular weight is 474 g/mol. The number of carbonyl (C=O) groups is 1. The fourth-order valence-electron chi connectivity index (χ4n) is 4.00. The highest BCUT2D eigenvalue weighted by atomic mass is 79.9. The van der Waals surface area contributed by atoms with Crippen LogP contribution in [0.5, 0.6) is 0 Å². The first-order chi connectivity index (χ1) is 14.0. The smallest absolute Gasteiger partial charge is 0.326 e. The summed E-state index contributed by atoms with van der Waals surface area (Å²) in [6.07, 6.45) is 2.92. The maximum absolute atomic E-state index is 12.7. The second kappa shape index (κ2) is 8.05. The van der Waals surface area contributed by atoms with Gasteiger partial charge in [0.15, 0.2) is 0 Å². The molecule has 1 aromatic heterocycles. The van der Waals surface area contributed by atoms with Crippen molar-refractivity contribution in [3.63, 3.8) is 0 Å². The Morgan fingerprint density at radius 3 is 2.69 bits per heavy atom. The van der Waals surface area contributed by atoms with Crippen molar-refractivity contribution in [2.75, 3.05) is 5.32 Å². The van der Waals surface area contributed by atoms with Gasteiger partial charge >= 0.3 is 5.69 Å². The molecule has 148 valence electrons. The first-order valence-corrected chi connectivity index (χ1v) is 10.5. The van der Waals surface area contributed by atoms with E-state index in [1.165, 1.54) is 0 Å². The number of fused-ring (bicyclic) bond motifs is 1. The number of amides is 1. The van der Waals surface area contributed by atoms with Crippen LogP contribution in [-0.4, -0.2) is 15.5 Å². The first-order valence-electron chi connectivity index (χ1n) is 9.37. The number of nitriles is 1. The van der Waals surface area contributed by atoms with Crippen molar-refractivity contribution in [1.82, 2.24) is 9.55 Å². The number of carbonyl (C=O) groups excluding carboxylic acids is 1. The lowest BCUT2D eigenvalue weighted by Gasteiger charge is -2.28. The van der Waals surface area contributed by atoms with E-state index in [1.807, 2.05) is 28.8 Å². The van der Waals surface area contributed by atoms with E-state index in [0.717, 1.165) is 28.3 Å². The summed E-state index contributed by atoms with van der Waals surface area (Å²) in [7, 11) is 0. The molecule has 1 amide bonds. The number of H-pyrrole nitrogens is 1. The van der Waals surface area contributed by atoms with Crippen molar-refractivity contribution in [3.8, 4) is 6.07 Å². The van der Waals surface area contributed by atoms with Crippen LogP contribution in [0.1, 0.15) is 37.3 Å². The monoisotopic (exact) mass is 472 g/mol. The van der Waals surface area contributed by atoms with E-state index in [-0.39, 0.29) is 23.6 Å². The van der Waals surface area contributed by atoms with E-state index < -0.39 is 0 Å². The second-order valence-corrected chi connectivity index (χ2v) is 8.50. The SMILES string of the molecule is N#Cc1ccc(NC(=O)C2CCC(n3c(=O)[nH]c4c(Br)cccc43)CC2)cc1Cl. The lowest BCUT2D eigenvalue weighted by molar-refractivity contribution is -0.121. The van der Waals surface area contributed by atoms with Gasteiger partial charge < -0.3 is 10.3 Å². The number of aromatic nitrogens is 2. The maximum atomic E-state index is 12.7. The van der Waals surface area contributed by atoms with Gasteiger partial charge in [0.05, 0.1) is 21.6 Å². The molecule has 1 saturated carbocycles. The van der Waals surface area contributed by atoms with E-state index in [2.05, 4.69) is 26.2 Å². The number of para-hydroxylation sites is 1. The van der Waals surface area contributed by atoms with Gasteiger partial charge in [0.25, 0.3) is 0 Å². The lowest BCUT2D eigenvalue weighted by atomic mass is 9.85. The molecular formula is C21H18BrClN4O2. The highest BCUT2D eigenvalue weighted by Crippen LogP contribution is 2.34. The first kappa shape index (κ1) is 19.7. The number of anilines is 1. The van der Waals surface area contributed by atoms with E-state index in [4.69, 9.17) is 16.9 Å². The van der Waals surface area contributed by atoms with Gasteiger partial charge in [-0.05, 0) is 71.9 Å². The van der Waals surface area contributed by atoms with Crippen LogP contribution in [0.25, 0.3) is 11.0 Å². The molecule has 0 radical (unpaired) electrons. The van der Waals surface area contributed by atoms with Gasteiger partial charge in [-0.3, -0.25) is 9.36 Å². The van der Waals surface area contributed by atoms with Crippen LogP contribution in [-0.2, 0) is 4.79 Å². The molecule has 0 bridgehead atoms. The van der Waals surface area contributed by atoms with Gasteiger partial charge in [-0.15, -0.1) is 0 Å².